The van der Waals surface area contributed by atoms with Gasteiger partial charge >= 0.3 is 0 Å². The molecule has 19 heavy (non-hydrogen) atoms. The van der Waals surface area contributed by atoms with Crippen LogP contribution in [0, 0.1) is 22.7 Å². The van der Waals surface area contributed by atoms with Gasteiger partial charge in [0.1, 0.15) is 0 Å². The van der Waals surface area contributed by atoms with Crippen LogP contribution in [-0.2, 0) is 0 Å². The molecule has 2 aliphatic carbocycles. The van der Waals surface area contributed by atoms with Crippen LogP contribution in [0.4, 0.5) is 0 Å². The van der Waals surface area contributed by atoms with E-state index in [9.17, 15) is 10.2 Å². The first kappa shape index (κ1) is 15.3. The van der Waals surface area contributed by atoms with Crippen LogP contribution in [0.25, 0.3) is 0 Å². The second kappa shape index (κ2) is 5.37. The summed E-state index contributed by atoms with van der Waals surface area (Å²) in [5.41, 5.74) is -0.00642. The first-order chi connectivity index (χ1) is 8.88. The molecule has 2 rings (SSSR count). The van der Waals surface area contributed by atoms with E-state index in [2.05, 4.69) is 27.7 Å². The Morgan fingerprint density at radius 2 is 1.42 bits per heavy atom. The van der Waals surface area contributed by atoms with Gasteiger partial charge in [0.05, 0.1) is 12.2 Å². The van der Waals surface area contributed by atoms with Crippen molar-refractivity contribution in [3.63, 3.8) is 0 Å². The molecule has 0 amide bonds. The fraction of sp³-hybridized carbons (Fsp3) is 1.00. The maximum absolute atomic E-state index is 10.9. The van der Waals surface area contributed by atoms with Crippen LogP contribution in [0.5, 0.6) is 0 Å². The molecule has 0 bridgehead atoms. The highest BCUT2D eigenvalue weighted by Gasteiger charge is 2.52. The van der Waals surface area contributed by atoms with Crippen molar-refractivity contribution in [1.82, 2.24) is 0 Å². The molecule has 2 nitrogen and oxygen atoms in total. The average Bonchev–Trinajstić information content (AvgIpc) is 2.53. The van der Waals surface area contributed by atoms with Crippen LogP contribution in [0.3, 0.4) is 0 Å². The lowest BCUT2D eigenvalue weighted by Crippen LogP contribution is -2.53. The van der Waals surface area contributed by atoms with Crippen molar-refractivity contribution in [2.24, 2.45) is 22.7 Å². The molecule has 4 unspecified atom stereocenters. The molecule has 0 aromatic rings. The molecule has 112 valence electrons. The molecule has 0 aromatic carbocycles. The molecule has 0 saturated heterocycles. The molecule has 0 heterocycles. The maximum Gasteiger partial charge on any atom is 0.0649 e. The van der Waals surface area contributed by atoms with E-state index in [1.54, 1.807) is 0 Å². The molecule has 2 saturated carbocycles. The Bertz CT molecular complexity index is 316. The summed E-state index contributed by atoms with van der Waals surface area (Å²) >= 11 is 0. The smallest absolute Gasteiger partial charge is 0.0649 e. The minimum absolute atomic E-state index is 0.00113. The Morgan fingerprint density at radius 3 is 1.95 bits per heavy atom. The van der Waals surface area contributed by atoms with Crippen LogP contribution in [0.15, 0.2) is 0 Å². The molecule has 0 aliphatic heterocycles. The van der Waals surface area contributed by atoms with Gasteiger partial charge < -0.3 is 10.2 Å². The van der Waals surface area contributed by atoms with Gasteiger partial charge in [-0.3, -0.25) is 0 Å². The number of aliphatic hydroxyl groups is 2. The van der Waals surface area contributed by atoms with Crippen molar-refractivity contribution in [3.8, 4) is 0 Å². The molecule has 0 radical (unpaired) electrons. The maximum atomic E-state index is 10.9. The summed E-state index contributed by atoms with van der Waals surface area (Å²) in [6.45, 7) is 8.77. The summed E-state index contributed by atoms with van der Waals surface area (Å²) in [5.74, 6) is 0.615. The van der Waals surface area contributed by atoms with Gasteiger partial charge in [-0.15, -0.1) is 0 Å². The second-order valence-corrected chi connectivity index (χ2v) is 7.67. The lowest BCUT2D eigenvalue weighted by Gasteiger charge is -2.50. The Labute approximate surface area is 118 Å². The van der Waals surface area contributed by atoms with Gasteiger partial charge in [0.15, 0.2) is 0 Å². The fourth-order valence-corrected chi connectivity index (χ4v) is 4.50. The molecule has 2 fully saturated rings. The van der Waals surface area contributed by atoms with Crippen LogP contribution >= 0.6 is 0 Å². The summed E-state index contributed by atoms with van der Waals surface area (Å²) in [6, 6.07) is 0. The highest BCUT2D eigenvalue weighted by atomic mass is 16.3. The van der Waals surface area contributed by atoms with Crippen LogP contribution in [-0.4, -0.2) is 22.4 Å². The molecule has 6 atom stereocenters. The number of hydrogen-bond donors (Lipinski definition) is 2. The van der Waals surface area contributed by atoms with Gasteiger partial charge in [-0.2, -0.15) is 0 Å². The van der Waals surface area contributed by atoms with E-state index in [1.807, 2.05) is 0 Å². The molecule has 0 spiro atoms. The van der Waals surface area contributed by atoms with Crippen molar-refractivity contribution in [2.75, 3.05) is 0 Å². The third-order valence-corrected chi connectivity index (χ3v) is 6.73. The van der Waals surface area contributed by atoms with Gasteiger partial charge in [0.2, 0.25) is 0 Å². The first-order valence-corrected chi connectivity index (χ1v) is 8.24. The third kappa shape index (κ3) is 2.47. The molecule has 2 N–H and O–H groups in total. The Balaban J connectivity index is 2.30. The summed E-state index contributed by atoms with van der Waals surface area (Å²) in [4.78, 5) is 0. The topological polar surface area (TPSA) is 40.5 Å². The quantitative estimate of drug-likeness (QED) is 0.800. The Morgan fingerprint density at radius 1 is 0.895 bits per heavy atom. The van der Waals surface area contributed by atoms with E-state index < -0.39 is 0 Å². The van der Waals surface area contributed by atoms with E-state index in [0.717, 1.165) is 25.7 Å². The van der Waals surface area contributed by atoms with Crippen molar-refractivity contribution in [1.29, 1.82) is 0 Å². The van der Waals surface area contributed by atoms with Crippen molar-refractivity contribution in [2.45, 2.75) is 84.8 Å². The Kier molecular flexibility index (Phi) is 4.32. The lowest BCUT2D eigenvalue weighted by atomic mass is 9.59. The van der Waals surface area contributed by atoms with Gasteiger partial charge in [-0.05, 0) is 55.3 Å². The summed E-state index contributed by atoms with van der Waals surface area (Å²) in [7, 11) is 0. The zero-order valence-electron chi connectivity index (χ0n) is 13.2. The lowest BCUT2D eigenvalue weighted by molar-refractivity contribution is -0.138. The largest absolute Gasteiger partial charge is 0.392 e. The monoisotopic (exact) mass is 268 g/mol. The SMILES string of the molecule is CC[C@@]1(C)CCCC2CC[C@@](C)(CC)C(O)C2C1O. The zero-order chi connectivity index (χ0) is 14.3. The Hall–Kier alpha value is -0.0800. The number of aliphatic hydroxyl groups excluding tert-OH is 2. The van der Waals surface area contributed by atoms with Gasteiger partial charge in [-0.25, -0.2) is 0 Å². The molecule has 2 aliphatic rings. The van der Waals surface area contributed by atoms with Gasteiger partial charge in [0.25, 0.3) is 0 Å². The van der Waals surface area contributed by atoms with Crippen LogP contribution in [0.2, 0.25) is 0 Å². The first-order valence-electron chi connectivity index (χ1n) is 8.24. The average molecular weight is 268 g/mol. The number of fused-ring (bicyclic) bond motifs is 1. The van der Waals surface area contributed by atoms with Gasteiger partial charge in [0, 0.05) is 5.92 Å². The van der Waals surface area contributed by atoms with Crippen molar-refractivity contribution in [3.05, 3.63) is 0 Å². The highest BCUT2D eigenvalue weighted by molar-refractivity contribution is 5.02. The predicted octanol–water partition coefficient (Wildman–Crippen LogP) is 3.75. The molecular formula is C17H32O2. The van der Waals surface area contributed by atoms with Crippen molar-refractivity contribution < 1.29 is 10.2 Å². The number of hydrogen-bond acceptors (Lipinski definition) is 2. The summed E-state index contributed by atoms with van der Waals surface area (Å²) < 4.78 is 0. The standard InChI is InChI=1S/C17H32O2/c1-5-16(3)10-7-8-12-9-11-17(4,6-2)15(19)13(12)14(16)18/h12-15,18-19H,5-11H2,1-4H3/t12?,13?,14?,15?,16-,17+/m0/s1. The highest BCUT2D eigenvalue weighted by Crippen LogP contribution is 2.53. The summed E-state index contributed by atoms with van der Waals surface area (Å²) in [6.07, 6.45) is 7.13. The van der Waals surface area contributed by atoms with E-state index in [0.29, 0.717) is 5.92 Å². The molecule has 0 aromatic heterocycles. The normalized spacial score (nSPS) is 51.5. The summed E-state index contributed by atoms with van der Waals surface area (Å²) in [5, 5.41) is 21.8. The molecular weight excluding hydrogens is 236 g/mol. The van der Waals surface area contributed by atoms with E-state index >= 15 is 0 Å². The van der Waals surface area contributed by atoms with Crippen molar-refractivity contribution >= 4 is 0 Å². The number of rotatable bonds is 2. The molecule has 2 heteroatoms. The second-order valence-electron chi connectivity index (χ2n) is 7.67. The van der Waals surface area contributed by atoms with Crippen LogP contribution < -0.4 is 0 Å². The minimum atomic E-state index is -0.342. The minimum Gasteiger partial charge on any atom is -0.392 e. The third-order valence-electron chi connectivity index (χ3n) is 6.73. The fourth-order valence-electron chi connectivity index (χ4n) is 4.50. The zero-order valence-corrected chi connectivity index (χ0v) is 13.2. The predicted molar refractivity (Wildman–Crippen MR) is 78.9 cm³/mol. The van der Waals surface area contributed by atoms with E-state index in [1.165, 1.54) is 19.3 Å². The van der Waals surface area contributed by atoms with E-state index in [-0.39, 0.29) is 29.0 Å². The van der Waals surface area contributed by atoms with Gasteiger partial charge in [-0.1, -0.05) is 34.1 Å². The van der Waals surface area contributed by atoms with Crippen LogP contribution in [0.1, 0.15) is 72.6 Å². The van der Waals surface area contributed by atoms with E-state index in [4.69, 9.17) is 0 Å².